The van der Waals surface area contributed by atoms with E-state index in [4.69, 9.17) is 0 Å². The molecule has 0 saturated heterocycles. The van der Waals surface area contributed by atoms with E-state index >= 15 is 0 Å². The third-order valence-corrected chi connectivity index (χ3v) is 1.93. The average Bonchev–Trinajstić information content (AvgIpc) is 1.64. The van der Waals surface area contributed by atoms with Crippen molar-refractivity contribution < 1.29 is 77.6 Å². The molecule has 0 radical (unpaired) electrons. The summed E-state index contributed by atoms with van der Waals surface area (Å²) in [4.78, 5) is 20.9. The standard InChI is InChI=1S/C4H10O4Si.2Na/c1-3-7-9(5,6)8-4-2;;/h3-4H2,1-2H3;;/q-2;2*+1. The van der Waals surface area contributed by atoms with Gasteiger partial charge in [-0.25, -0.2) is 0 Å². The third kappa shape index (κ3) is 12.1. The SMILES string of the molecule is CCO[Si]([O-])([O-])OCC.[Na+].[Na+]. The molecule has 4 nitrogen and oxygen atoms in total. The van der Waals surface area contributed by atoms with Crippen molar-refractivity contribution in [2.75, 3.05) is 13.2 Å². The predicted molar refractivity (Wildman–Crippen MR) is 29.0 cm³/mol. The van der Waals surface area contributed by atoms with Gasteiger partial charge in [-0.05, 0) is 13.8 Å². The quantitative estimate of drug-likeness (QED) is 0.419. The summed E-state index contributed by atoms with van der Waals surface area (Å²) in [7, 11) is -4.20. The van der Waals surface area contributed by atoms with Crippen LogP contribution in [0.25, 0.3) is 0 Å². The average molecular weight is 196 g/mol. The molecule has 0 rings (SSSR count). The zero-order valence-corrected chi connectivity index (χ0v) is 12.5. The van der Waals surface area contributed by atoms with E-state index in [0.29, 0.717) is 0 Å². The van der Waals surface area contributed by atoms with Gasteiger partial charge in [-0.1, -0.05) is 0 Å². The zero-order valence-electron chi connectivity index (χ0n) is 7.55. The van der Waals surface area contributed by atoms with Gasteiger partial charge in [0.05, 0.1) is 0 Å². The minimum absolute atomic E-state index is 0. The van der Waals surface area contributed by atoms with Gasteiger partial charge in [-0.3, -0.25) is 0 Å². The maximum Gasteiger partial charge on any atom is 1.00 e. The summed E-state index contributed by atoms with van der Waals surface area (Å²) >= 11 is 0. The normalized spacial score (nSPS) is 9.82. The van der Waals surface area contributed by atoms with Crippen LogP contribution in [0, 0.1) is 0 Å². The Labute approximate surface area is 112 Å². The van der Waals surface area contributed by atoms with Crippen molar-refractivity contribution in [3.8, 4) is 0 Å². The van der Waals surface area contributed by atoms with Gasteiger partial charge in [0.2, 0.25) is 0 Å². The first kappa shape index (κ1) is 18.8. The van der Waals surface area contributed by atoms with E-state index in [1.54, 1.807) is 13.8 Å². The summed E-state index contributed by atoms with van der Waals surface area (Å²) in [6.07, 6.45) is 0. The van der Waals surface area contributed by atoms with Crippen LogP contribution in [0.5, 0.6) is 0 Å². The summed E-state index contributed by atoms with van der Waals surface area (Å²) in [6.45, 7) is 3.46. The van der Waals surface area contributed by atoms with Gasteiger partial charge in [-0.15, -0.1) is 0 Å². The summed E-state index contributed by atoms with van der Waals surface area (Å²) < 4.78 is 8.55. The molecule has 0 aromatic heterocycles. The van der Waals surface area contributed by atoms with E-state index in [-0.39, 0.29) is 72.3 Å². The molecule has 0 amide bonds. The van der Waals surface area contributed by atoms with Crippen LogP contribution >= 0.6 is 0 Å². The second-order valence-corrected chi connectivity index (χ2v) is 2.94. The molecule has 0 atom stereocenters. The van der Waals surface area contributed by atoms with Crippen LogP contribution in [0.4, 0.5) is 0 Å². The molecule has 0 fully saturated rings. The summed E-state index contributed by atoms with van der Waals surface area (Å²) in [5, 5.41) is 0. The van der Waals surface area contributed by atoms with Gasteiger partial charge in [0.1, 0.15) is 9.05 Å². The van der Waals surface area contributed by atoms with E-state index in [9.17, 15) is 9.59 Å². The Balaban J connectivity index is -0.000000320. The Morgan fingerprint density at radius 2 is 1.27 bits per heavy atom. The minimum Gasteiger partial charge on any atom is -0.828 e. The number of rotatable bonds is 4. The van der Waals surface area contributed by atoms with Gasteiger partial charge < -0.3 is 18.4 Å². The molecule has 0 saturated carbocycles. The van der Waals surface area contributed by atoms with Crippen molar-refractivity contribution in [1.29, 1.82) is 0 Å². The first-order valence-corrected chi connectivity index (χ1v) is 4.44. The van der Waals surface area contributed by atoms with Gasteiger partial charge in [0.15, 0.2) is 0 Å². The molecular formula is C4H10Na2O4Si. The second-order valence-electron chi connectivity index (χ2n) is 1.37. The molecule has 7 heteroatoms. The minimum atomic E-state index is -4.20. The zero-order chi connectivity index (χ0) is 7.33. The van der Waals surface area contributed by atoms with Crippen LogP contribution in [-0.4, -0.2) is 22.3 Å². The first-order valence-electron chi connectivity index (χ1n) is 2.81. The van der Waals surface area contributed by atoms with Gasteiger partial charge in [0.25, 0.3) is 0 Å². The molecule has 0 bridgehead atoms. The van der Waals surface area contributed by atoms with Gasteiger partial charge in [0, 0.05) is 13.2 Å². The van der Waals surface area contributed by atoms with Gasteiger partial charge in [-0.2, -0.15) is 0 Å². The fraction of sp³-hybridized carbons (Fsp3) is 1.00. The van der Waals surface area contributed by atoms with Crippen molar-refractivity contribution >= 4 is 9.05 Å². The van der Waals surface area contributed by atoms with Crippen LogP contribution in [0.2, 0.25) is 0 Å². The summed E-state index contributed by atoms with van der Waals surface area (Å²) in [5.41, 5.74) is 0. The van der Waals surface area contributed by atoms with Crippen LogP contribution in [0.1, 0.15) is 13.8 Å². The van der Waals surface area contributed by atoms with E-state index in [2.05, 4.69) is 8.85 Å². The maximum atomic E-state index is 10.4. The Morgan fingerprint density at radius 3 is 1.45 bits per heavy atom. The van der Waals surface area contributed by atoms with E-state index in [1.807, 2.05) is 0 Å². The van der Waals surface area contributed by atoms with Crippen LogP contribution in [0.15, 0.2) is 0 Å². The van der Waals surface area contributed by atoms with E-state index in [1.165, 1.54) is 0 Å². The fourth-order valence-electron chi connectivity index (χ4n) is 0.395. The number of hydrogen-bond acceptors (Lipinski definition) is 4. The predicted octanol–water partition coefficient (Wildman–Crippen LogP) is -7.78. The van der Waals surface area contributed by atoms with Gasteiger partial charge >= 0.3 is 59.1 Å². The Morgan fingerprint density at radius 1 is 1.00 bits per heavy atom. The molecule has 11 heavy (non-hydrogen) atoms. The van der Waals surface area contributed by atoms with Crippen LogP contribution in [0.3, 0.4) is 0 Å². The van der Waals surface area contributed by atoms with Crippen molar-refractivity contribution in [1.82, 2.24) is 0 Å². The van der Waals surface area contributed by atoms with Crippen molar-refractivity contribution in [3.05, 3.63) is 0 Å². The smallest absolute Gasteiger partial charge is 0.828 e. The molecule has 0 aliphatic rings. The van der Waals surface area contributed by atoms with Crippen molar-refractivity contribution in [2.24, 2.45) is 0 Å². The molecule has 56 valence electrons. The van der Waals surface area contributed by atoms with Crippen LogP contribution < -0.4 is 68.7 Å². The summed E-state index contributed by atoms with van der Waals surface area (Å²) in [6, 6.07) is 0. The molecule has 0 N–H and O–H groups in total. The van der Waals surface area contributed by atoms with Crippen molar-refractivity contribution in [2.45, 2.75) is 13.8 Å². The monoisotopic (exact) mass is 196 g/mol. The fourth-order valence-corrected chi connectivity index (χ4v) is 1.19. The largest absolute Gasteiger partial charge is 1.00 e. The molecule has 0 spiro atoms. The Bertz CT molecular complexity index is 74.5. The molecular weight excluding hydrogens is 186 g/mol. The topological polar surface area (TPSA) is 64.6 Å². The van der Waals surface area contributed by atoms with E-state index < -0.39 is 9.05 Å². The number of hydrogen-bond donors (Lipinski definition) is 0. The summed E-state index contributed by atoms with van der Waals surface area (Å²) in [5.74, 6) is 0. The van der Waals surface area contributed by atoms with Crippen molar-refractivity contribution in [3.63, 3.8) is 0 Å². The molecule has 0 aliphatic heterocycles. The van der Waals surface area contributed by atoms with Crippen LogP contribution in [-0.2, 0) is 8.85 Å². The Kier molecular flexibility index (Phi) is 17.3. The van der Waals surface area contributed by atoms with E-state index in [0.717, 1.165) is 0 Å². The molecule has 0 heterocycles. The third-order valence-electron chi connectivity index (χ3n) is 0.642. The Hall–Kier alpha value is 2.06. The molecule has 0 aromatic rings. The maximum absolute atomic E-state index is 10.4. The molecule has 0 unspecified atom stereocenters. The first-order chi connectivity index (χ1) is 4.12. The molecule has 0 aliphatic carbocycles. The second kappa shape index (κ2) is 10.1. The molecule has 0 aromatic carbocycles.